The quantitative estimate of drug-likeness (QED) is 0.809. The highest BCUT2D eigenvalue weighted by molar-refractivity contribution is 7.99. The van der Waals surface area contributed by atoms with Crippen molar-refractivity contribution in [3.8, 4) is 0 Å². The first-order valence-corrected chi connectivity index (χ1v) is 8.95. The Labute approximate surface area is 141 Å². The molecule has 1 amide bonds. The van der Waals surface area contributed by atoms with E-state index in [1.807, 2.05) is 6.92 Å². The SMILES string of the molecule is CCc1ccc(C(C)NC(=O)CSCc2ccccc2F)cc1. The lowest BCUT2D eigenvalue weighted by molar-refractivity contribution is -0.119. The average Bonchev–Trinajstić information content (AvgIpc) is 2.56. The Hall–Kier alpha value is -1.81. The van der Waals surface area contributed by atoms with Crippen LogP contribution < -0.4 is 5.32 Å². The van der Waals surface area contributed by atoms with Gasteiger partial charge >= 0.3 is 0 Å². The van der Waals surface area contributed by atoms with Gasteiger partial charge in [0.05, 0.1) is 11.8 Å². The number of hydrogen-bond donors (Lipinski definition) is 1. The van der Waals surface area contributed by atoms with Crippen LogP contribution in [0.3, 0.4) is 0 Å². The second-order valence-corrected chi connectivity index (χ2v) is 6.45. The Morgan fingerprint density at radius 3 is 2.52 bits per heavy atom. The van der Waals surface area contributed by atoms with Gasteiger partial charge in [-0.05, 0) is 36.1 Å². The summed E-state index contributed by atoms with van der Waals surface area (Å²) in [4.78, 5) is 12.0. The van der Waals surface area contributed by atoms with E-state index in [2.05, 4.69) is 36.5 Å². The number of amides is 1. The molecule has 0 fully saturated rings. The van der Waals surface area contributed by atoms with E-state index in [0.717, 1.165) is 12.0 Å². The molecule has 122 valence electrons. The number of thioether (sulfide) groups is 1. The van der Waals surface area contributed by atoms with E-state index in [4.69, 9.17) is 0 Å². The molecule has 2 aromatic rings. The number of rotatable bonds is 7. The lowest BCUT2D eigenvalue weighted by atomic mass is 10.1. The third-order valence-electron chi connectivity index (χ3n) is 3.71. The maximum absolute atomic E-state index is 13.5. The van der Waals surface area contributed by atoms with Crippen LogP contribution in [0.4, 0.5) is 4.39 Å². The van der Waals surface area contributed by atoms with E-state index in [9.17, 15) is 9.18 Å². The number of carbonyl (C=O) groups excluding carboxylic acids is 1. The number of benzene rings is 2. The van der Waals surface area contributed by atoms with Crippen molar-refractivity contribution in [1.29, 1.82) is 0 Å². The molecule has 1 N–H and O–H groups in total. The molecule has 1 unspecified atom stereocenters. The lowest BCUT2D eigenvalue weighted by Crippen LogP contribution is -2.28. The summed E-state index contributed by atoms with van der Waals surface area (Å²) in [6.07, 6.45) is 1.01. The second-order valence-electron chi connectivity index (χ2n) is 5.47. The maximum atomic E-state index is 13.5. The van der Waals surface area contributed by atoms with Crippen molar-refractivity contribution in [3.05, 3.63) is 71.0 Å². The highest BCUT2D eigenvalue weighted by atomic mass is 32.2. The van der Waals surface area contributed by atoms with Gasteiger partial charge in [-0.1, -0.05) is 49.4 Å². The van der Waals surface area contributed by atoms with Crippen molar-refractivity contribution >= 4 is 17.7 Å². The van der Waals surface area contributed by atoms with Gasteiger partial charge in [-0.3, -0.25) is 4.79 Å². The largest absolute Gasteiger partial charge is 0.349 e. The zero-order chi connectivity index (χ0) is 16.7. The number of aryl methyl sites for hydroxylation is 1. The molecular formula is C19H22FNOS. The summed E-state index contributed by atoms with van der Waals surface area (Å²) < 4.78 is 13.5. The van der Waals surface area contributed by atoms with Crippen molar-refractivity contribution in [2.24, 2.45) is 0 Å². The van der Waals surface area contributed by atoms with E-state index >= 15 is 0 Å². The van der Waals surface area contributed by atoms with E-state index in [1.165, 1.54) is 23.4 Å². The normalized spacial score (nSPS) is 12.0. The molecule has 0 heterocycles. The molecule has 1 atom stereocenters. The van der Waals surface area contributed by atoms with Crippen LogP contribution in [0.2, 0.25) is 0 Å². The van der Waals surface area contributed by atoms with Gasteiger partial charge in [-0.2, -0.15) is 0 Å². The van der Waals surface area contributed by atoms with Gasteiger partial charge in [0.15, 0.2) is 0 Å². The van der Waals surface area contributed by atoms with Gasteiger partial charge in [0.25, 0.3) is 0 Å². The van der Waals surface area contributed by atoms with Crippen molar-refractivity contribution in [2.75, 3.05) is 5.75 Å². The topological polar surface area (TPSA) is 29.1 Å². The van der Waals surface area contributed by atoms with Crippen molar-refractivity contribution in [3.63, 3.8) is 0 Å². The predicted molar refractivity (Wildman–Crippen MR) is 94.9 cm³/mol. The number of nitrogens with one attached hydrogen (secondary N) is 1. The van der Waals surface area contributed by atoms with Gasteiger partial charge in [-0.15, -0.1) is 11.8 Å². The van der Waals surface area contributed by atoms with Crippen LogP contribution in [0, 0.1) is 5.82 Å². The third-order valence-corrected chi connectivity index (χ3v) is 4.70. The summed E-state index contributed by atoms with van der Waals surface area (Å²) in [6, 6.07) is 14.9. The monoisotopic (exact) mass is 331 g/mol. The van der Waals surface area contributed by atoms with Crippen molar-refractivity contribution in [2.45, 2.75) is 32.1 Å². The van der Waals surface area contributed by atoms with Gasteiger partial charge in [0.1, 0.15) is 5.82 Å². The van der Waals surface area contributed by atoms with Crippen LogP contribution in [0.5, 0.6) is 0 Å². The van der Waals surface area contributed by atoms with Crippen molar-refractivity contribution < 1.29 is 9.18 Å². The van der Waals surface area contributed by atoms with Gasteiger partial charge in [0, 0.05) is 5.75 Å². The smallest absolute Gasteiger partial charge is 0.230 e. The van der Waals surface area contributed by atoms with Crippen LogP contribution >= 0.6 is 11.8 Å². The molecule has 2 aromatic carbocycles. The fourth-order valence-corrected chi connectivity index (χ4v) is 3.10. The summed E-state index contributed by atoms with van der Waals surface area (Å²) in [5.41, 5.74) is 3.01. The van der Waals surface area contributed by atoms with E-state index in [1.54, 1.807) is 18.2 Å². The van der Waals surface area contributed by atoms with Crippen LogP contribution in [0.1, 0.15) is 36.6 Å². The molecule has 0 saturated heterocycles. The highest BCUT2D eigenvalue weighted by Gasteiger charge is 2.10. The molecule has 23 heavy (non-hydrogen) atoms. The Kier molecular flexibility index (Phi) is 6.66. The van der Waals surface area contributed by atoms with Crippen LogP contribution in [0.15, 0.2) is 48.5 Å². The minimum absolute atomic E-state index is 0.0255. The van der Waals surface area contributed by atoms with Crippen LogP contribution in [0.25, 0.3) is 0 Å². The highest BCUT2D eigenvalue weighted by Crippen LogP contribution is 2.17. The van der Waals surface area contributed by atoms with E-state index < -0.39 is 0 Å². The molecular weight excluding hydrogens is 309 g/mol. The first-order chi connectivity index (χ1) is 11.1. The first kappa shape index (κ1) is 17.5. The molecule has 0 spiro atoms. The summed E-state index contributed by atoms with van der Waals surface area (Å²) in [5.74, 6) is 0.578. The second kappa shape index (κ2) is 8.73. The molecule has 0 aliphatic rings. The fraction of sp³-hybridized carbons (Fsp3) is 0.316. The number of halogens is 1. The third kappa shape index (κ3) is 5.39. The molecule has 0 saturated carbocycles. The Balaban J connectivity index is 1.78. The Bertz CT molecular complexity index is 642. The first-order valence-electron chi connectivity index (χ1n) is 7.79. The maximum Gasteiger partial charge on any atom is 0.230 e. The summed E-state index contributed by atoms with van der Waals surface area (Å²) in [5, 5.41) is 2.98. The zero-order valence-corrected chi connectivity index (χ0v) is 14.3. The fourth-order valence-electron chi connectivity index (χ4n) is 2.28. The molecule has 0 aromatic heterocycles. The summed E-state index contributed by atoms with van der Waals surface area (Å²) >= 11 is 1.42. The lowest BCUT2D eigenvalue weighted by Gasteiger charge is -2.14. The van der Waals surface area contributed by atoms with Gasteiger partial charge < -0.3 is 5.32 Å². The molecule has 0 radical (unpaired) electrons. The summed E-state index contributed by atoms with van der Waals surface area (Å²) in [6.45, 7) is 4.09. The summed E-state index contributed by atoms with van der Waals surface area (Å²) in [7, 11) is 0. The standard InChI is InChI=1S/C19H22FNOS/c1-3-15-8-10-16(11-9-15)14(2)21-19(22)13-23-12-17-6-4-5-7-18(17)20/h4-11,14H,3,12-13H2,1-2H3,(H,21,22). The molecule has 0 bridgehead atoms. The molecule has 2 nitrogen and oxygen atoms in total. The minimum atomic E-state index is -0.218. The molecule has 2 rings (SSSR count). The van der Waals surface area contributed by atoms with E-state index in [-0.39, 0.29) is 17.8 Å². The van der Waals surface area contributed by atoms with Crippen molar-refractivity contribution in [1.82, 2.24) is 5.32 Å². The minimum Gasteiger partial charge on any atom is -0.349 e. The number of carbonyl (C=O) groups is 1. The van der Waals surface area contributed by atoms with Gasteiger partial charge in [-0.25, -0.2) is 4.39 Å². The molecule has 0 aliphatic carbocycles. The van der Waals surface area contributed by atoms with Gasteiger partial charge in [0.2, 0.25) is 5.91 Å². The predicted octanol–water partition coefficient (Wildman–Crippen LogP) is 4.50. The van der Waals surface area contributed by atoms with Crippen LogP contribution in [-0.2, 0) is 17.0 Å². The molecule has 0 aliphatic heterocycles. The van der Waals surface area contributed by atoms with E-state index in [0.29, 0.717) is 17.1 Å². The van der Waals surface area contributed by atoms with Crippen LogP contribution in [-0.4, -0.2) is 11.7 Å². The Morgan fingerprint density at radius 1 is 1.17 bits per heavy atom. The number of hydrogen-bond acceptors (Lipinski definition) is 2. The molecule has 4 heteroatoms. The average molecular weight is 331 g/mol. The zero-order valence-electron chi connectivity index (χ0n) is 13.5. The Morgan fingerprint density at radius 2 is 1.87 bits per heavy atom.